The van der Waals surface area contributed by atoms with Gasteiger partial charge in [-0.25, -0.2) is 9.78 Å². The van der Waals surface area contributed by atoms with E-state index in [-0.39, 0.29) is 24.0 Å². The number of esters is 1. The van der Waals surface area contributed by atoms with Gasteiger partial charge >= 0.3 is 5.97 Å². The summed E-state index contributed by atoms with van der Waals surface area (Å²) in [6.07, 6.45) is 6.46. The normalized spacial score (nSPS) is 11.6. The van der Waals surface area contributed by atoms with Gasteiger partial charge in [0.25, 0.3) is 5.56 Å². The second kappa shape index (κ2) is 17.1. The number of unbranched alkanes of at least 4 members (excludes halogenated alkanes) is 4. The maximum atomic E-state index is 13.8. The molecule has 3 rings (SSSR count). The molecule has 42 heavy (non-hydrogen) atoms. The van der Waals surface area contributed by atoms with Gasteiger partial charge in [0.15, 0.2) is 6.10 Å². The maximum Gasteiger partial charge on any atom is 0.347 e. The fraction of sp³-hybridized carbons (Fsp3) is 0.471. The number of carbonyl (C=O) groups is 2. The highest BCUT2D eigenvalue weighted by atomic mass is 16.6. The first-order valence-electron chi connectivity index (χ1n) is 15.3. The molecule has 0 saturated heterocycles. The van der Waals surface area contributed by atoms with Crippen LogP contribution in [0.2, 0.25) is 0 Å². The SMILES string of the molecule is CCCCCCCN(C(=O)Cn1c(CC)nc(-c2ccccc2)cc1=O)c1ccc(O[C@@H](CCC)C(=O)OCC)cc1. The lowest BCUT2D eigenvalue weighted by molar-refractivity contribution is -0.151. The van der Waals surface area contributed by atoms with Crippen LogP contribution in [-0.4, -0.2) is 40.7 Å². The third-order valence-electron chi connectivity index (χ3n) is 7.08. The van der Waals surface area contributed by atoms with Crippen LogP contribution >= 0.6 is 0 Å². The Labute approximate surface area is 249 Å². The van der Waals surface area contributed by atoms with Gasteiger partial charge in [-0.15, -0.1) is 0 Å². The topological polar surface area (TPSA) is 90.7 Å². The van der Waals surface area contributed by atoms with Gasteiger partial charge in [0.1, 0.15) is 18.1 Å². The summed E-state index contributed by atoms with van der Waals surface area (Å²) in [5.74, 6) is 0.546. The van der Waals surface area contributed by atoms with Crippen molar-refractivity contribution in [3.63, 3.8) is 0 Å². The third kappa shape index (κ3) is 9.29. The van der Waals surface area contributed by atoms with Crippen molar-refractivity contribution in [1.29, 1.82) is 0 Å². The van der Waals surface area contributed by atoms with Crippen molar-refractivity contribution >= 4 is 17.6 Å². The number of nitrogens with zero attached hydrogens (tertiary/aromatic N) is 3. The summed E-state index contributed by atoms with van der Waals surface area (Å²) >= 11 is 0. The molecule has 1 atom stereocenters. The Hall–Kier alpha value is -3.94. The second-order valence-corrected chi connectivity index (χ2v) is 10.3. The standard InChI is InChI=1S/C34H45N3O5/c1-5-9-10-11-15-23-36(27-19-21-28(22-20-27)42-30(16-6-2)34(40)41-8-4)33(39)25-37-31(7-3)35-29(24-32(37)38)26-17-13-12-14-18-26/h12-14,17-22,24,30H,5-11,15-16,23,25H2,1-4H3/t30-/m0/s1. The molecule has 1 heterocycles. The average Bonchev–Trinajstić information content (AvgIpc) is 3.00. The minimum atomic E-state index is -0.678. The quantitative estimate of drug-likeness (QED) is 0.133. The Kier molecular flexibility index (Phi) is 13.3. The van der Waals surface area contributed by atoms with E-state index in [0.717, 1.165) is 44.1 Å². The Morgan fingerprint density at radius 1 is 0.905 bits per heavy atom. The van der Waals surface area contributed by atoms with Crippen LogP contribution < -0.4 is 15.2 Å². The van der Waals surface area contributed by atoms with Crippen LogP contribution in [0.5, 0.6) is 5.75 Å². The molecule has 0 radical (unpaired) electrons. The molecule has 0 unspecified atom stereocenters. The molecule has 0 spiro atoms. The summed E-state index contributed by atoms with van der Waals surface area (Å²) in [5.41, 5.74) is 1.93. The molecule has 0 saturated carbocycles. The van der Waals surface area contributed by atoms with Gasteiger partial charge in [-0.3, -0.25) is 14.2 Å². The summed E-state index contributed by atoms with van der Waals surface area (Å²) < 4.78 is 12.6. The van der Waals surface area contributed by atoms with Crippen molar-refractivity contribution in [2.75, 3.05) is 18.1 Å². The Morgan fingerprint density at radius 3 is 2.26 bits per heavy atom. The van der Waals surface area contributed by atoms with E-state index in [1.54, 1.807) is 24.0 Å². The molecule has 0 aliphatic heterocycles. The maximum absolute atomic E-state index is 13.8. The van der Waals surface area contributed by atoms with Crippen LogP contribution in [0, 0.1) is 0 Å². The monoisotopic (exact) mass is 575 g/mol. The number of carbonyl (C=O) groups excluding carboxylic acids is 2. The summed E-state index contributed by atoms with van der Waals surface area (Å²) in [6, 6.07) is 18.3. The molecule has 1 amide bonds. The first kappa shape index (κ1) is 32.6. The molecule has 0 aliphatic rings. The van der Waals surface area contributed by atoms with E-state index in [4.69, 9.17) is 14.5 Å². The van der Waals surface area contributed by atoms with Crippen LogP contribution in [0.1, 0.15) is 78.5 Å². The molecular formula is C34H45N3O5. The van der Waals surface area contributed by atoms with Gasteiger partial charge in [0, 0.05) is 30.3 Å². The molecule has 8 nitrogen and oxygen atoms in total. The van der Waals surface area contributed by atoms with E-state index in [9.17, 15) is 14.4 Å². The number of aryl methyl sites for hydroxylation is 1. The number of ether oxygens (including phenoxy) is 2. The zero-order chi connectivity index (χ0) is 30.3. The van der Waals surface area contributed by atoms with E-state index in [0.29, 0.717) is 48.9 Å². The van der Waals surface area contributed by atoms with Crippen LogP contribution in [0.3, 0.4) is 0 Å². The minimum Gasteiger partial charge on any atom is -0.479 e. The van der Waals surface area contributed by atoms with Gasteiger partial charge in [0.05, 0.1) is 12.3 Å². The van der Waals surface area contributed by atoms with Gasteiger partial charge in [-0.1, -0.05) is 83.2 Å². The largest absolute Gasteiger partial charge is 0.479 e. The highest BCUT2D eigenvalue weighted by Gasteiger charge is 2.22. The number of hydrogen-bond acceptors (Lipinski definition) is 6. The highest BCUT2D eigenvalue weighted by Crippen LogP contribution is 2.23. The van der Waals surface area contributed by atoms with E-state index < -0.39 is 6.10 Å². The predicted molar refractivity (Wildman–Crippen MR) is 167 cm³/mol. The van der Waals surface area contributed by atoms with E-state index in [1.807, 2.05) is 56.3 Å². The Morgan fingerprint density at radius 2 is 1.62 bits per heavy atom. The van der Waals surface area contributed by atoms with Crippen LogP contribution in [-0.2, 0) is 27.3 Å². The first-order chi connectivity index (χ1) is 20.4. The van der Waals surface area contributed by atoms with Crippen molar-refractivity contribution < 1.29 is 19.1 Å². The summed E-state index contributed by atoms with van der Waals surface area (Å²) in [5, 5.41) is 0. The zero-order valence-electron chi connectivity index (χ0n) is 25.5. The number of rotatable bonds is 17. The Bertz CT molecular complexity index is 1320. The lowest BCUT2D eigenvalue weighted by Crippen LogP contribution is -2.38. The second-order valence-electron chi connectivity index (χ2n) is 10.3. The molecule has 2 aromatic carbocycles. The van der Waals surface area contributed by atoms with Gasteiger partial charge in [-0.2, -0.15) is 0 Å². The minimum absolute atomic E-state index is 0.0985. The molecule has 0 aliphatic carbocycles. The molecule has 0 fully saturated rings. The highest BCUT2D eigenvalue weighted by molar-refractivity contribution is 5.93. The molecule has 1 aromatic heterocycles. The van der Waals surface area contributed by atoms with E-state index in [1.165, 1.54) is 10.6 Å². The molecule has 0 N–H and O–H groups in total. The zero-order valence-corrected chi connectivity index (χ0v) is 25.5. The van der Waals surface area contributed by atoms with Gasteiger partial charge in [0.2, 0.25) is 5.91 Å². The predicted octanol–water partition coefficient (Wildman–Crippen LogP) is 6.59. The summed E-state index contributed by atoms with van der Waals surface area (Å²) in [4.78, 5) is 45.8. The average molecular weight is 576 g/mol. The van der Waals surface area contributed by atoms with Crippen LogP contribution in [0.4, 0.5) is 5.69 Å². The third-order valence-corrected chi connectivity index (χ3v) is 7.08. The van der Waals surface area contributed by atoms with Crippen molar-refractivity contribution in [2.45, 2.75) is 91.7 Å². The van der Waals surface area contributed by atoms with Gasteiger partial charge in [-0.05, 0) is 44.0 Å². The van der Waals surface area contributed by atoms with Crippen molar-refractivity contribution in [2.24, 2.45) is 0 Å². The van der Waals surface area contributed by atoms with E-state index >= 15 is 0 Å². The summed E-state index contributed by atoms with van der Waals surface area (Å²) in [6.45, 7) is 8.60. The van der Waals surface area contributed by atoms with Crippen molar-refractivity contribution in [3.8, 4) is 17.0 Å². The van der Waals surface area contributed by atoms with Crippen molar-refractivity contribution in [3.05, 3.63) is 76.8 Å². The molecule has 226 valence electrons. The number of amides is 1. The molecular weight excluding hydrogens is 530 g/mol. The lowest BCUT2D eigenvalue weighted by Gasteiger charge is -2.25. The number of anilines is 1. The van der Waals surface area contributed by atoms with E-state index in [2.05, 4.69) is 6.92 Å². The smallest absolute Gasteiger partial charge is 0.347 e. The first-order valence-corrected chi connectivity index (χ1v) is 15.3. The molecule has 8 heteroatoms. The van der Waals surface area contributed by atoms with Crippen LogP contribution in [0.25, 0.3) is 11.3 Å². The lowest BCUT2D eigenvalue weighted by atomic mass is 10.1. The fourth-order valence-corrected chi connectivity index (χ4v) is 4.83. The Balaban J connectivity index is 1.83. The van der Waals surface area contributed by atoms with Gasteiger partial charge < -0.3 is 14.4 Å². The van der Waals surface area contributed by atoms with Crippen LogP contribution in [0.15, 0.2) is 65.5 Å². The summed E-state index contributed by atoms with van der Waals surface area (Å²) in [7, 11) is 0. The number of hydrogen-bond donors (Lipinski definition) is 0. The number of benzene rings is 2. The fourth-order valence-electron chi connectivity index (χ4n) is 4.83. The number of aromatic nitrogens is 2. The van der Waals surface area contributed by atoms with Crippen molar-refractivity contribution in [1.82, 2.24) is 9.55 Å². The molecule has 0 bridgehead atoms. The molecule has 3 aromatic rings.